The SMILES string of the molecule is Cc1cc(S(=O)(=O)c2ccc(C(F)(F)F)cc2)c([N+](=O)[O-])cc1C(=O)N=C(N)N. The minimum absolute atomic E-state index is 0.0103. The molecule has 4 N–H and O–H groups in total. The number of nitrogens with zero attached hydrogens (tertiary/aromatic N) is 2. The van der Waals surface area contributed by atoms with Crippen molar-refractivity contribution in [1.82, 2.24) is 0 Å². The van der Waals surface area contributed by atoms with Crippen molar-refractivity contribution in [2.45, 2.75) is 22.9 Å². The molecule has 1 amide bonds. The molecule has 0 aromatic heterocycles. The predicted molar refractivity (Wildman–Crippen MR) is 94.9 cm³/mol. The number of amides is 1. The number of sulfone groups is 1. The van der Waals surface area contributed by atoms with Crippen molar-refractivity contribution in [2.24, 2.45) is 16.5 Å². The molecule has 154 valence electrons. The number of benzene rings is 2. The van der Waals surface area contributed by atoms with E-state index in [0.29, 0.717) is 30.3 Å². The predicted octanol–water partition coefficient (Wildman–Crippen LogP) is 2.17. The van der Waals surface area contributed by atoms with E-state index in [2.05, 4.69) is 4.99 Å². The number of hydrogen-bond acceptors (Lipinski definition) is 5. The molecule has 0 saturated heterocycles. The maximum atomic E-state index is 12.8. The molecule has 0 bridgehead atoms. The van der Waals surface area contributed by atoms with Crippen molar-refractivity contribution >= 4 is 27.4 Å². The lowest BCUT2D eigenvalue weighted by Crippen LogP contribution is -2.24. The van der Waals surface area contributed by atoms with E-state index in [0.717, 1.165) is 6.07 Å². The zero-order valence-corrected chi connectivity index (χ0v) is 15.4. The van der Waals surface area contributed by atoms with E-state index < -0.39 is 53.8 Å². The first-order valence-electron chi connectivity index (χ1n) is 7.60. The molecule has 2 aromatic carbocycles. The number of aryl methyl sites for hydroxylation is 1. The van der Waals surface area contributed by atoms with Gasteiger partial charge in [-0.25, -0.2) is 8.42 Å². The summed E-state index contributed by atoms with van der Waals surface area (Å²) < 4.78 is 63.6. The second-order valence-corrected chi connectivity index (χ2v) is 7.68. The van der Waals surface area contributed by atoms with Gasteiger partial charge in [0.2, 0.25) is 9.84 Å². The Balaban J connectivity index is 2.66. The number of nitrogens with two attached hydrogens (primary N) is 2. The van der Waals surface area contributed by atoms with Crippen LogP contribution in [-0.2, 0) is 16.0 Å². The van der Waals surface area contributed by atoms with Crippen LogP contribution in [0.1, 0.15) is 21.5 Å². The summed E-state index contributed by atoms with van der Waals surface area (Å²) in [6, 6.07) is 4.03. The minimum atomic E-state index is -4.68. The lowest BCUT2D eigenvalue weighted by atomic mass is 10.1. The number of halogens is 3. The highest BCUT2D eigenvalue weighted by Crippen LogP contribution is 2.34. The quantitative estimate of drug-likeness (QED) is 0.325. The Labute approximate surface area is 161 Å². The third kappa shape index (κ3) is 4.51. The van der Waals surface area contributed by atoms with Gasteiger partial charge in [0.1, 0.15) is 4.90 Å². The van der Waals surface area contributed by atoms with Crippen molar-refractivity contribution in [2.75, 3.05) is 0 Å². The summed E-state index contributed by atoms with van der Waals surface area (Å²) in [7, 11) is -4.57. The van der Waals surface area contributed by atoms with E-state index in [1.165, 1.54) is 6.92 Å². The van der Waals surface area contributed by atoms with Crippen molar-refractivity contribution in [3.8, 4) is 0 Å². The molecule has 0 aliphatic carbocycles. The van der Waals surface area contributed by atoms with Crippen LogP contribution in [0.3, 0.4) is 0 Å². The minimum Gasteiger partial charge on any atom is -0.370 e. The second kappa shape index (κ2) is 7.50. The molecule has 0 unspecified atom stereocenters. The van der Waals surface area contributed by atoms with Crippen molar-refractivity contribution in [3.05, 3.63) is 63.2 Å². The summed E-state index contributed by atoms with van der Waals surface area (Å²) in [5.74, 6) is -1.62. The summed E-state index contributed by atoms with van der Waals surface area (Å²) in [4.78, 5) is 24.2. The molecule has 9 nitrogen and oxygen atoms in total. The van der Waals surface area contributed by atoms with E-state index in [-0.39, 0.29) is 11.1 Å². The van der Waals surface area contributed by atoms with Crippen LogP contribution in [0, 0.1) is 17.0 Å². The van der Waals surface area contributed by atoms with Gasteiger partial charge in [-0.15, -0.1) is 0 Å². The number of nitro benzene ring substituents is 1. The molecule has 29 heavy (non-hydrogen) atoms. The molecule has 0 aliphatic heterocycles. The van der Waals surface area contributed by atoms with Gasteiger partial charge in [0.15, 0.2) is 5.96 Å². The molecule has 0 atom stereocenters. The molecular formula is C16H13F3N4O5S. The number of aliphatic imine (C=N–C) groups is 1. The van der Waals surface area contributed by atoms with Gasteiger partial charge >= 0.3 is 6.18 Å². The Kier molecular flexibility index (Phi) is 5.64. The van der Waals surface area contributed by atoms with Crippen LogP contribution in [-0.4, -0.2) is 25.2 Å². The first-order valence-corrected chi connectivity index (χ1v) is 9.09. The fraction of sp³-hybridized carbons (Fsp3) is 0.125. The number of carbonyl (C=O) groups excluding carboxylic acids is 1. The fourth-order valence-electron chi connectivity index (χ4n) is 2.39. The van der Waals surface area contributed by atoms with Crippen LogP contribution in [0.2, 0.25) is 0 Å². The monoisotopic (exact) mass is 430 g/mol. The Hall–Kier alpha value is -3.48. The smallest absolute Gasteiger partial charge is 0.370 e. The number of rotatable bonds is 4. The van der Waals surface area contributed by atoms with Crippen LogP contribution >= 0.6 is 0 Å². The van der Waals surface area contributed by atoms with E-state index in [1.807, 2.05) is 0 Å². The van der Waals surface area contributed by atoms with Crippen molar-refractivity contribution in [1.29, 1.82) is 0 Å². The summed E-state index contributed by atoms with van der Waals surface area (Å²) in [6.07, 6.45) is -4.68. The van der Waals surface area contributed by atoms with Crippen LogP contribution in [0.4, 0.5) is 18.9 Å². The molecule has 0 spiro atoms. The third-order valence-corrected chi connectivity index (χ3v) is 5.54. The second-order valence-electron chi connectivity index (χ2n) is 5.76. The molecule has 2 aromatic rings. The molecule has 0 saturated carbocycles. The molecule has 0 radical (unpaired) electrons. The first-order chi connectivity index (χ1) is 13.2. The largest absolute Gasteiger partial charge is 0.416 e. The Morgan fingerprint density at radius 2 is 1.69 bits per heavy atom. The first kappa shape index (κ1) is 21.8. The highest BCUT2D eigenvalue weighted by atomic mass is 32.2. The fourth-order valence-corrected chi connectivity index (χ4v) is 3.87. The van der Waals surface area contributed by atoms with Gasteiger partial charge in [0.25, 0.3) is 11.6 Å². The van der Waals surface area contributed by atoms with E-state index in [1.54, 1.807) is 0 Å². The lowest BCUT2D eigenvalue weighted by molar-refractivity contribution is -0.387. The summed E-state index contributed by atoms with van der Waals surface area (Å²) in [5, 5.41) is 11.4. The van der Waals surface area contributed by atoms with Crippen LogP contribution in [0.15, 0.2) is 51.2 Å². The van der Waals surface area contributed by atoms with Gasteiger partial charge in [-0.3, -0.25) is 14.9 Å². The summed E-state index contributed by atoms with van der Waals surface area (Å²) >= 11 is 0. The summed E-state index contributed by atoms with van der Waals surface area (Å²) in [5.41, 5.74) is 7.85. The zero-order valence-electron chi connectivity index (χ0n) is 14.6. The highest BCUT2D eigenvalue weighted by Gasteiger charge is 2.33. The third-order valence-electron chi connectivity index (χ3n) is 3.75. The van der Waals surface area contributed by atoms with Gasteiger partial charge in [-0.05, 0) is 42.8 Å². The average molecular weight is 430 g/mol. The van der Waals surface area contributed by atoms with E-state index in [4.69, 9.17) is 11.5 Å². The van der Waals surface area contributed by atoms with Crippen LogP contribution < -0.4 is 11.5 Å². The Bertz CT molecular complexity index is 1120. The molecule has 13 heteroatoms. The molecule has 0 aliphatic rings. The number of hydrogen-bond donors (Lipinski definition) is 2. The lowest BCUT2D eigenvalue weighted by Gasteiger charge is -2.11. The molecular weight excluding hydrogens is 417 g/mol. The summed E-state index contributed by atoms with van der Waals surface area (Å²) in [6.45, 7) is 1.30. The topological polar surface area (TPSA) is 159 Å². The van der Waals surface area contributed by atoms with Crippen molar-refractivity contribution < 1.29 is 31.3 Å². The number of alkyl halides is 3. The normalized spacial score (nSPS) is 11.7. The molecule has 0 fully saturated rings. The zero-order chi connectivity index (χ0) is 22.1. The van der Waals surface area contributed by atoms with E-state index >= 15 is 0 Å². The Morgan fingerprint density at radius 3 is 2.14 bits per heavy atom. The van der Waals surface area contributed by atoms with Gasteiger partial charge in [0, 0.05) is 6.07 Å². The standard InChI is InChI=1S/C16H13F3N4O5S/c1-8-6-13(12(23(25)26)7-11(8)14(24)22-15(20)21)29(27,28)10-4-2-9(3-5-10)16(17,18)19/h2-7H,1H3,(H4,20,21,22,24). The maximum Gasteiger partial charge on any atom is 0.416 e. The van der Waals surface area contributed by atoms with Crippen molar-refractivity contribution in [3.63, 3.8) is 0 Å². The molecule has 2 rings (SSSR count). The number of guanidine groups is 1. The maximum absolute atomic E-state index is 12.8. The number of nitro groups is 1. The molecule has 0 heterocycles. The Morgan fingerprint density at radius 1 is 1.14 bits per heavy atom. The van der Waals surface area contributed by atoms with Gasteiger partial charge in [-0.2, -0.15) is 18.2 Å². The van der Waals surface area contributed by atoms with Gasteiger partial charge in [-0.1, -0.05) is 0 Å². The van der Waals surface area contributed by atoms with Gasteiger partial charge in [0.05, 0.1) is 20.9 Å². The van der Waals surface area contributed by atoms with Crippen LogP contribution in [0.5, 0.6) is 0 Å². The van der Waals surface area contributed by atoms with Crippen LogP contribution in [0.25, 0.3) is 0 Å². The number of carbonyl (C=O) groups is 1. The van der Waals surface area contributed by atoms with Gasteiger partial charge < -0.3 is 11.5 Å². The highest BCUT2D eigenvalue weighted by molar-refractivity contribution is 7.91. The van der Waals surface area contributed by atoms with E-state index in [9.17, 15) is 36.5 Å². The average Bonchev–Trinajstić information content (AvgIpc) is 2.59.